The molecule has 1 aliphatic carbocycles. The predicted octanol–water partition coefficient (Wildman–Crippen LogP) is 3.35. The molecular weight excluding hydrogens is 379 g/mol. The van der Waals surface area contributed by atoms with Crippen LogP contribution in [0.25, 0.3) is 0 Å². The van der Waals surface area contributed by atoms with Gasteiger partial charge in [-0.2, -0.15) is 4.98 Å². The first-order valence-electron chi connectivity index (χ1n) is 9.87. The number of nitrogens with two attached hydrogens (primary N) is 1. The van der Waals surface area contributed by atoms with E-state index in [2.05, 4.69) is 15.6 Å². The number of anilines is 1. The number of hydrogen-bond donors (Lipinski definition) is 3. The molecule has 0 unspecified atom stereocenters. The molecule has 1 heterocycles. The Bertz CT molecular complexity index is 741. The molecule has 29 heavy (non-hydrogen) atoms. The zero-order chi connectivity index (χ0) is 21.8. The van der Waals surface area contributed by atoms with Gasteiger partial charge in [0, 0.05) is 11.6 Å². The van der Waals surface area contributed by atoms with E-state index in [-0.39, 0.29) is 41.1 Å². The van der Waals surface area contributed by atoms with Crippen LogP contribution in [-0.4, -0.2) is 40.8 Å². The van der Waals surface area contributed by atoms with Crippen molar-refractivity contribution in [2.45, 2.75) is 84.1 Å². The van der Waals surface area contributed by atoms with Crippen molar-refractivity contribution in [3.05, 3.63) is 17.4 Å². The smallest absolute Gasteiger partial charge is 0.407 e. The van der Waals surface area contributed by atoms with E-state index in [1.165, 1.54) is 0 Å². The number of carbonyl (C=O) groups excluding carboxylic acids is 2. The number of nitrogens with zero attached hydrogens (tertiary/aromatic N) is 1. The molecule has 0 saturated heterocycles. The molecule has 2 amide bonds. The topological polar surface area (TPSA) is 116 Å². The number of ether oxygens (including phenoxy) is 2. The highest BCUT2D eigenvalue weighted by atomic mass is 19.1. The van der Waals surface area contributed by atoms with Crippen molar-refractivity contribution in [2.75, 3.05) is 5.32 Å². The Morgan fingerprint density at radius 1 is 1.24 bits per heavy atom. The van der Waals surface area contributed by atoms with Gasteiger partial charge >= 0.3 is 6.09 Å². The standard InChI is InChI=1S/C20H31FN4O4/c1-11(2)28-18-14(16(22)26)10-15(21)17(24-18)23-12-6-8-13(9-7-12)29-19(27)25-20(3,4)5/h10-13H,6-9H2,1-5H3,(H2,22,26)(H,23,24)(H,25,27). The molecule has 4 N–H and O–H groups in total. The minimum atomic E-state index is -0.801. The largest absolute Gasteiger partial charge is 0.474 e. The molecule has 0 atom stereocenters. The molecule has 1 aromatic rings. The van der Waals surface area contributed by atoms with Crippen LogP contribution >= 0.6 is 0 Å². The summed E-state index contributed by atoms with van der Waals surface area (Å²) in [6.07, 6.45) is 1.84. The van der Waals surface area contributed by atoms with Gasteiger partial charge in [-0.25, -0.2) is 9.18 Å². The van der Waals surface area contributed by atoms with Gasteiger partial charge in [0.1, 0.15) is 11.7 Å². The lowest BCUT2D eigenvalue weighted by Crippen LogP contribution is -2.43. The quantitative estimate of drug-likeness (QED) is 0.662. The van der Waals surface area contributed by atoms with Crippen LogP contribution in [0.2, 0.25) is 0 Å². The van der Waals surface area contributed by atoms with Gasteiger partial charge < -0.3 is 25.8 Å². The summed E-state index contributed by atoms with van der Waals surface area (Å²) in [5, 5.41) is 5.84. The highest BCUT2D eigenvalue weighted by molar-refractivity contribution is 5.95. The van der Waals surface area contributed by atoms with Gasteiger partial charge in [0.2, 0.25) is 5.88 Å². The lowest BCUT2D eigenvalue weighted by Gasteiger charge is -2.30. The summed E-state index contributed by atoms with van der Waals surface area (Å²) in [4.78, 5) is 27.6. The number of carbonyl (C=O) groups is 2. The first-order chi connectivity index (χ1) is 13.4. The number of amides is 2. The van der Waals surface area contributed by atoms with Crippen molar-refractivity contribution in [3.8, 4) is 5.88 Å². The van der Waals surface area contributed by atoms with Gasteiger partial charge in [-0.15, -0.1) is 0 Å². The monoisotopic (exact) mass is 410 g/mol. The maximum Gasteiger partial charge on any atom is 0.407 e. The minimum absolute atomic E-state index is 0.00673. The fourth-order valence-electron chi connectivity index (χ4n) is 3.07. The number of primary amides is 1. The van der Waals surface area contributed by atoms with Gasteiger partial charge in [-0.05, 0) is 66.4 Å². The third-order valence-electron chi connectivity index (χ3n) is 4.32. The molecule has 2 rings (SSSR count). The fourth-order valence-corrected chi connectivity index (χ4v) is 3.07. The predicted molar refractivity (Wildman–Crippen MR) is 108 cm³/mol. The molecule has 9 heteroatoms. The van der Waals surface area contributed by atoms with Crippen LogP contribution in [-0.2, 0) is 4.74 Å². The molecule has 0 spiro atoms. The lowest BCUT2D eigenvalue weighted by molar-refractivity contribution is 0.0681. The maximum atomic E-state index is 14.4. The normalized spacial score (nSPS) is 19.6. The Morgan fingerprint density at radius 3 is 2.38 bits per heavy atom. The number of nitrogens with one attached hydrogen (secondary N) is 2. The summed E-state index contributed by atoms with van der Waals surface area (Å²) in [6, 6.07) is 1.01. The number of rotatable bonds is 6. The summed E-state index contributed by atoms with van der Waals surface area (Å²) in [7, 11) is 0. The molecule has 0 aliphatic heterocycles. The van der Waals surface area contributed by atoms with E-state index in [0.717, 1.165) is 6.07 Å². The molecule has 162 valence electrons. The first-order valence-corrected chi connectivity index (χ1v) is 9.87. The number of halogens is 1. The SMILES string of the molecule is CC(C)Oc1nc(NC2CCC(OC(=O)NC(C)(C)C)CC2)c(F)cc1C(N)=O. The average Bonchev–Trinajstić information content (AvgIpc) is 2.56. The highest BCUT2D eigenvalue weighted by Crippen LogP contribution is 2.28. The van der Waals surface area contributed by atoms with Crippen LogP contribution in [0.15, 0.2) is 6.07 Å². The van der Waals surface area contributed by atoms with E-state index in [4.69, 9.17) is 15.2 Å². The summed E-state index contributed by atoms with van der Waals surface area (Å²) >= 11 is 0. The van der Waals surface area contributed by atoms with E-state index < -0.39 is 17.8 Å². The second-order valence-electron chi connectivity index (χ2n) is 8.60. The van der Waals surface area contributed by atoms with Gasteiger partial charge in [-0.1, -0.05) is 0 Å². The van der Waals surface area contributed by atoms with Crippen molar-refractivity contribution in [3.63, 3.8) is 0 Å². The van der Waals surface area contributed by atoms with Crippen LogP contribution < -0.4 is 21.1 Å². The van der Waals surface area contributed by atoms with Crippen molar-refractivity contribution in [2.24, 2.45) is 5.73 Å². The minimum Gasteiger partial charge on any atom is -0.474 e. The molecular formula is C20H31FN4O4. The zero-order valence-corrected chi connectivity index (χ0v) is 17.7. The van der Waals surface area contributed by atoms with Crippen molar-refractivity contribution in [1.29, 1.82) is 0 Å². The highest BCUT2D eigenvalue weighted by Gasteiger charge is 2.27. The second-order valence-corrected chi connectivity index (χ2v) is 8.60. The second kappa shape index (κ2) is 9.28. The maximum absolute atomic E-state index is 14.4. The molecule has 1 aromatic heterocycles. The van der Waals surface area contributed by atoms with E-state index in [0.29, 0.717) is 25.7 Å². The van der Waals surface area contributed by atoms with Crippen LogP contribution in [0.4, 0.5) is 15.0 Å². The molecule has 0 bridgehead atoms. The van der Waals surface area contributed by atoms with E-state index >= 15 is 0 Å². The van der Waals surface area contributed by atoms with Crippen molar-refractivity contribution in [1.82, 2.24) is 10.3 Å². The third kappa shape index (κ3) is 7.07. The average molecular weight is 410 g/mol. The Kier molecular flexibility index (Phi) is 7.26. The van der Waals surface area contributed by atoms with Crippen LogP contribution in [0.1, 0.15) is 70.7 Å². The first kappa shape index (κ1) is 22.7. The van der Waals surface area contributed by atoms with Gasteiger partial charge in [-0.3, -0.25) is 4.79 Å². The van der Waals surface area contributed by atoms with Gasteiger partial charge in [0.25, 0.3) is 5.91 Å². The number of aromatic nitrogens is 1. The number of hydrogen-bond acceptors (Lipinski definition) is 6. The Balaban J connectivity index is 1.98. The summed E-state index contributed by atoms with van der Waals surface area (Å²) in [5.41, 5.74) is 4.85. The van der Waals surface area contributed by atoms with E-state index in [1.54, 1.807) is 13.8 Å². The molecule has 8 nitrogen and oxygen atoms in total. The van der Waals surface area contributed by atoms with Crippen LogP contribution in [0.3, 0.4) is 0 Å². The molecule has 1 aliphatic rings. The zero-order valence-electron chi connectivity index (χ0n) is 17.7. The molecule has 1 saturated carbocycles. The van der Waals surface area contributed by atoms with Crippen LogP contribution in [0, 0.1) is 5.82 Å². The fraction of sp³-hybridized carbons (Fsp3) is 0.650. The van der Waals surface area contributed by atoms with Gasteiger partial charge in [0.15, 0.2) is 11.6 Å². The summed E-state index contributed by atoms with van der Waals surface area (Å²) in [6.45, 7) is 9.21. The molecule has 0 aromatic carbocycles. The van der Waals surface area contributed by atoms with E-state index in [1.807, 2.05) is 20.8 Å². The lowest BCUT2D eigenvalue weighted by atomic mass is 9.93. The number of pyridine rings is 1. The Labute approximate surface area is 170 Å². The molecule has 1 fully saturated rings. The molecule has 0 radical (unpaired) electrons. The summed E-state index contributed by atoms with van der Waals surface area (Å²) in [5.74, 6) is -1.45. The van der Waals surface area contributed by atoms with Gasteiger partial charge in [0.05, 0.1) is 6.10 Å². The van der Waals surface area contributed by atoms with Crippen molar-refractivity contribution < 1.29 is 23.5 Å². The Morgan fingerprint density at radius 2 is 1.86 bits per heavy atom. The van der Waals surface area contributed by atoms with Crippen LogP contribution in [0.5, 0.6) is 5.88 Å². The van der Waals surface area contributed by atoms with E-state index in [9.17, 15) is 14.0 Å². The summed E-state index contributed by atoms with van der Waals surface area (Å²) < 4.78 is 25.4. The number of alkyl carbamates (subject to hydrolysis) is 1. The van der Waals surface area contributed by atoms with Crippen molar-refractivity contribution >= 4 is 17.8 Å². The Hall–Kier alpha value is -2.58. The third-order valence-corrected chi connectivity index (χ3v) is 4.32.